The van der Waals surface area contributed by atoms with Crippen molar-refractivity contribution in [3.05, 3.63) is 119 Å². The molecule has 0 aromatic heterocycles. The SMILES string of the molecule is Clc1cc(C2=CC=C(c3ccccc3)C=CC2)cc(-c2ccccc2)c1. The zero-order valence-electron chi connectivity index (χ0n) is 14.4. The van der Waals surface area contributed by atoms with E-state index in [4.69, 9.17) is 11.6 Å². The van der Waals surface area contributed by atoms with Gasteiger partial charge in [-0.3, -0.25) is 0 Å². The maximum absolute atomic E-state index is 6.42. The summed E-state index contributed by atoms with van der Waals surface area (Å²) >= 11 is 6.42. The summed E-state index contributed by atoms with van der Waals surface area (Å²) in [7, 11) is 0. The van der Waals surface area contributed by atoms with Crippen molar-refractivity contribution >= 4 is 22.7 Å². The Labute approximate surface area is 159 Å². The molecule has 0 aliphatic heterocycles. The molecule has 0 amide bonds. The van der Waals surface area contributed by atoms with Crippen molar-refractivity contribution in [2.45, 2.75) is 6.42 Å². The predicted molar refractivity (Wildman–Crippen MR) is 113 cm³/mol. The summed E-state index contributed by atoms with van der Waals surface area (Å²) in [5.74, 6) is 0. The summed E-state index contributed by atoms with van der Waals surface area (Å²) in [6.45, 7) is 0. The molecule has 126 valence electrons. The van der Waals surface area contributed by atoms with Crippen molar-refractivity contribution in [1.82, 2.24) is 0 Å². The number of hydrogen-bond donors (Lipinski definition) is 0. The fourth-order valence-corrected chi connectivity index (χ4v) is 3.47. The van der Waals surface area contributed by atoms with Crippen LogP contribution >= 0.6 is 11.6 Å². The standard InChI is InChI=1S/C25H19Cl/c26-25-17-23(20-10-5-2-6-11-20)16-24(18-25)22-13-7-12-21(14-15-22)19-8-3-1-4-9-19/h1-12,14-18H,13H2. The van der Waals surface area contributed by atoms with E-state index >= 15 is 0 Å². The second-order valence-corrected chi connectivity index (χ2v) is 6.82. The average Bonchev–Trinajstić information content (AvgIpc) is 2.95. The van der Waals surface area contributed by atoms with Gasteiger partial charge < -0.3 is 0 Å². The first-order valence-electron chi connectivity index (χ1n) is 8.79. The Bertz CT molecular complexity index is 993. The van der Waals surface area contributed by atoms with Gasteiger partial charge in [0, 0.05) is 5.02 Å². The van der Waals surface area contributed by atoms with Crippen molar-refractivity contribution in [3.8, 4) is 11.1 Å². The molecule has 0 unspecified atom stereocenters. The Hall–Kier alpha value is -2.83. The second-order valence-electron chi connectivity index (χ2n) is 6.38. The highest BCUT2D eigenvalue weighted by molar-refractivity contribution is 6.31. The van der Waals surface area contributed by atoms with Crippen molar-refractivity contribution in [1.29, 1.82) is 0 Å². The van der Waals surface area contributed by atoms with Crippen LogP contribution in [0.25, 0.3) is 22.3 Å². The van der Waals surface area contributed by atoms with Crippen molar-refractivity contribution < 1.29 is 0 Å². The zero-order chi connectivity index (χ0) is 17.8. The van der Waals surface area contributed by atoms with Gasteiger partial charge in [-0.1, -0.05) is 96.6 Å². The molecular formula is C25H19Cl. The molecule has 0 atom stereocenters. The highest BCUT2D eigenvalue weighted by Gasteiger charge is 2.08. The lowest BCUT2D eigenvalue weighted by Crippen LogP contribution is -1.86. The molecule has 1 aliphatic rings. The van der Waals surface area contributed by atoms with Crippen LogP contribution < -0.4 is 0 Å². The van der Waals surface area contributed by atoms with Crippen LogP contribution in [-0.4, -0.2) is 0 Å². The molecular weight excluding hydrogens is 336 g/mol. The number of hydrogen-bond acceptors (Lipinski definition) is 0. The average molecular weight is 355 g/mol. The molecule has 0 saturated heterocycles. The Kier molecular flexibility index (Phi) is 4.86. The summed E-state index contributed by atoms with van der Waals surface area (Å²) in [4.78, 5) is 0. The number of allylic oxidation sites excluding steroid dienone is 6. The van der Waals surface area contributed by atoms with Gasteiger partial charge in [-0.2, -0.15) is 0 Å². The van der Waals surface area contributed by atoms with E-state index in [0.29, 0.717) is 0 Å². The highest BCUT2D eigenvalue weighted by Crippen LogP contribution is 2.31. The summed E-state index contributed by atoms with van der Waals surface area (Å²) in [6, 6.07) is 27.1. The quantitative estimate of drug-likeness (QED) is 0.458. The molecule has 26 heavy (non-hydrogen) atoms. The van der Waals surface area contributed by atoms with E-state index < -0.39 is 0 Å². The molecule has 3 aromatic carbocycles. The van der Waals surface area contributed by atoms with E-state index in [9.17, 15) is 0 Å². The smallest absolute Gasteiger partial charge is 0.0418 e. The minimum Gasteiger partial charge on any atom is -0.0843 e. The van der Waals surface area contributed by atoms with Gasteiger partial charge in [0.05, 0.1) is 0 Å². The van der Waals surface area contributed by atoms with Gasteiger partial charge in [0.25, 0.3) is 0 Å². The monoisotopic (exact) mass is 354 g/mol. The lowest BCUT2D eigenvalue weighted by atomic mass is 9.97. The molecule has 0 heterocycles. The molecule has 0 nitrogen and oxygen atoms in total. The summed E-state index contributed by atoms with van der Waals surface area (Å²) in [5, 5.41) is 0.766. The minimum atomic E-state index is 0.766. The number of rotatable bonds is 3. The Morgan fingerprint density at radius 3 is 2.00 bits per heavy atom. The Balaban J connectivity index is 1.72. The third-order valence-electron chi connectivity index (χ3n) is 4.58. The molecule has 4 rings (SSSR count). The summed E-state index contributed by atoms with van der Waals surface area (Å²) in [6.07, 6.45) is 9.71. The molecule has 0 spiro atoms. The molecule has 0 fully saturated rings. The lowest BCUT2D eigenvalue weighted by molar-refractivity contribution is 1.40. The molecule has 1 heteroatoms. The Morgan fingerprint density at radius 1 is 0.615 bits per heavy atom. The van der Waals surface area contributed by atoms with E-state index in [1.54, 1.807) is 0 Å². The summed E-state index contributed by atoms with van der Waals surface area (Å²) < 4.78 is 0. The number of benzene rings is 3. The van der Waals surface area contributed by atoms with Crippen LogP contribution in [0.15, 0.2) is 103 Å². The van der Waals surface area contributed by atoms with E-state index in [-0.39, 0.29) is 0 Å². The first kappa shape index (κ1) is 16.6. The van der Waals surface area contributed by atoms with Crippen molar-refractivity contribution in [2.24, 2.45) is 0 Å². The van der Waals surface area contributed by atoms with E-state index in [1.165, 1.54) is 27.8 Å². The van der Waals surface area contributed by atoms with Crippen LogP contribution in [0.5, 0.6) is 0 Å². The van der Waals surface area contributed by atoms with Crippen LogP contribution in [0, 0.1) is 0 Å². The van der Waals surface area contributed by atoms with Crippen molar-refractivity contribution in [2.75, 3.05) is 0 Å². The third-order valence-corrected chi connectivity index (χ3v) is 4.80. The first-order valence-corrected chi connectivity index (χ1v) is 9.16. The van der Waals surface area contributed by atoms with Gasteiger partial charge in [0.15, 0.2) is 0 Å². The maximum atomic E-state index is 6.42. The minimum absolute atomic E-state index is 0.766. The van der Waals surface area contributed by atoms with E-state index in [2.05, 4.69) is 85.0 Å². The van der Waals surface area contributed by atoms with Crippen LogP contribution in [0.4, 0.5) is 0 Å². The number of halogens is 1. The normalized spacial score (nSPS) is 13.7. The third kappa shape index (κ3) is 3.71. The van der Waals surface area contributed by atoms with E-state index in [0.717, 1.165) is 17.0 Å². The first-order chi connectivity index (χ1) is 12.8. The second kappa shape index (κ2) is 7.59. The van der Waals surface area contributed by atoms with Gasteiger partial charge >= 0.3 is 0 Å². The molecule has 1 aliphatic carbocycles. The lowest BCUT2D eigenvalue weighted by Gasteiger charge is -2.09. The molecule has 3 aromatic rings. The van der Waals surface area contributed by atoms with E-state index in [1.807, 2.05) is 18.2 Å². The maximum Gasteiger partial charge on any atom is 0.0418 e. The van der Waals surface area contributed by atoms with Crippen LogP contribution in [0.1, 0.15) is 17.5 Å². The van der Waals surface area contributed by atoms with Crippen molar-refractivity contribution in [3.63, 3.8) is 0 Å². The molecule has 0 radical (unpaired) electrons. The van der Waals surface area contributed by atoms with Gasteiger partial charge in [-0.15, -0.1) is 0 Å². The van der Waals surface area contributed by atoms with Gasteiger partial charge in [0.2, 0.25) is 0 Å². The summed E-state index contributed by atoms with van der Waals surface area (Å²) in [5.41, 5.74) is 7.23. The largest absolute Gasteiger partial charge is 0.0843 e. The molecule has 0 N–H and O–H groups in total. The van der Waals surface area contributed by atoms with Gasteiger partial charge in [-0.25, -0.2) is 0 Å². The Morgan fingerprint density at radius 2 is 1.27 bits per heavy atom. The zero-order valence-corrected chi connectivity index (χ0v) is 15.2. The van der Waals surface area contributed by atoms with Gasteiger partial charge in [-0.05, 0) is 58.0 Å². The topological polar surface area (TPSA) is 0 Å². The van der Waals surface area contributed by atoms with Crippen LogP contribution in [0.2, 0.25) is 5.02 Å². The molecule has 0 bridgehead atoms. The highest BCUT2D eigenvalue weighted by atomic mass is 35.5. The molecule has 0 saturated carbocycles. The fraction of sp³-hybridized carbons (Fsp3) is 0.0400. The van der Waals surface area contributed by atoms with Gasteiger partial charge in [0.1, 0.15) is 0 Å². The van der Waals surface area contributed by atoms with Crippen LogP contribution in [-0.2, 0) is 0 Å². The fourth-order valence-electron chi connectivity index (χ4n) is 3.24. The predicted octanol–water partition coefficient (Wildman–Crippen LogP) is 7.43. The van der Waals surface area contributed by atoms with Crippen LogP contribution in [0.3, 0.4) is 0 Å².